The fourth-order valence-electron chi connectivity index (χ4n) is 1.28. The molecule has 0 spiro atoms. The lowest BCUT2D eigenvalue weighted by Crippen LogP contribution is -2.34. The molecule has 0 saturated heterocycles. The lowest BCUT2D eigenvalue weighted by Gasteiger charge is -2.16. The Morgan fingerprint density at radius 2 is 2.15 bits per heavy atom. The van der Waals surface area contributed by atoms with Crippen LogP contribution in [0.1, 0.15) is 39.3 Å². The Hall–Kier alpha value is -0.830. The molecule has 1 aromatic rings. The summed E-state index contributed by atoms with van der Waals surface area (Å²) in [5, 5.41) is 4.26. The SMILES string of the molecule is CC(C)n1cc(CC(C)(C)N)cn1. The zero-order valence-electron chi connectivity index (χ0n) is 8.91. The zero-order valence-corrected chi connectivity index (χ0v) is 8.91. The van der Waals surface area contributed by atoms with E-state index in [1.807, 2.05) is 24.7 Å². The number of rotatable bonds is 3. The third kappa shape index (κ3) is 3.19. The Labute approximate surface area is 79.9 Å². The molecule has 0 bridgehead atoms. The van der Waals surface area contributed by atoms with E-state index < -0.39 is 0 Å². The minimum atomic E-state index is -0.148. The molecule has 3 heteroatoms. The molecule has 13 heavy (non-hydrogen) atoms. The van der Waals surface area contributed by atoms with E-state index in [0.717, 1.165) is 6.42 Å². The summed E-state index contributed by atoms with van der Waals surface area (Å²) in [7, 11) is 0. The van der Waals surface area contributed by atoms with E-state index in [9.17, 15) is 0 Å². The van der Waals surface area contributed by atoms with Crippen molar-refractivity contribution in [2.75, 3.05) is 0 Å². The first kappa shape index (κ1) is 10.3. The average molecular weight is 181 g/mol. The summed E-state index contributed by atoms with van der Waals surface area (Å²) in [5.74, 6) is 0. The van der Waals surface area contributed by atoms with Crippen LogP contribution < -0.4 is 5.73 Å². The first-order valence-corrected chi connectivity index (χ1v) is 4.70. The first-order chi connectivity index (χ1) is 5.88. The van der Waals surface area contributed by atoms with Crippen molar-refractivity contribution in [3.05, 3.63) is 18.0 Å². The van der Waals surface area contributed by atoms with Crippen LogP contribution in [0.2, 0.25) is 0 Å². The third-order valence-corrected chi connectivity index (χ3v) is 1.84. The number of aromatic nitrogens is 2. The molecular formula is C10H19N3. The lowest BCUT2D eigenvalue weighted by molar-refractivity contribution is 0.512. The molecule has 0 amide bonds. The van der Waals surface area contributed by atoms with Gasteiger partial charge in [-0.2, -0.15) is 5.10 Å². The van der Waals surface area contributed by atoms with Crippen molar-refractivity contribution < 1.29 is 0 Å². The zero-order chi connectivity index (χ0) is 10.1. The molecule has 0 aliphatic rings. The summed E-state index contributed by atoms with van der Waals surface area (Å²) < 4.78 is 1.96. The Balaban J connectivity index is 2.70. The van der Waals surface area contributed by atoms with E-state index in [2.05, 4.69) is 25.1 Å². The quantitative estimate of drug-likeness (QED) is 0.772. The van der Waals surface area contributed by atoms with Gasteiger partial charge in [-0.25, -0.2) is 0 Å². The molecule has 74 valence electrons. The van der Waals surface area contributed by atoms with Crippen LogP contribution in [0.25, 0.3) is 0 Å². The molecule has 0 radical (unpaired) electrons. The smallest absolute Gasteiger partial charge is 0.0522 e. The molecule has 3 nitrogen and oxygen atoms in total. The van der Waals surface area contributed by atoms with E-state index in [1.165, 1.54) is 5.56 Å². The molecule has 1 heterocycles. The minimum absolute atomic E-state index is 0.148. The van der Waals surface area contributed by atoms with Crippen molar-refractivity contribution in [2.45, 2.75) is 45.7 Å². The summed E-state index contributed by atoms with van der Waals surface area (Å²) in [6, 6.07) is 0.426. The predicted octanol–water partition coefficient (Wildman–Crippen LogP) is 1.74. The standard InChI is InChI=1S/C10H19N3/c1-8(2)13-7-9(6-12-13)5-10(3,4)11/h6-8H,5,11H2,1-4H3. The van der Waals surface area contributed by atoms with Gasteiger partial charge in [0.15, 0.2) is 0 Å². The van der Waals surface area contributed by atoms with Gasteiger partial charge in [0.05, 0.1) is 6.20 Å². The molecule has 0 atom stereocenters. The van der Waals surface area contributed by atoms with E-state index in [4.69, 9.17) is 5.73 Å². The first-order valence-electron chi connectivity index (χ1n) is 4.70. The van der Waals surface area contributed by atoms with Gasteiger partial charge in [-0.3, -0.25) is 4.68 Å². The highest BCUT2D eigenvalue weighted by Crippen LogP contribution is 2.11. The second-order valence-corrected chi connectivity index (χ2v) is 4.59. The Bertz CT molecular complexity index is 268. The van der Waals surface area contributed by atoms with E-state index in [0.29, 0.717) is 6.04 Å². The second-order valence-electron chi connectivity index (χ2n) is 4.59. The molecule has 0 saturated carbocycles. The van der Waals surface area contributed by atoms with Crippen molar-refractivity contribution in [2.24, 2.45) is 5.73 Å². The van der Waals surface area contributed by atoms with Crippen molar-refractivity contribution >= 4 is 0 Å². The van der Waals surface area contributed by atoms with Crippen LogP contribution in [0, 0.1) is 0 Å². The van der Waals surface area contributed by atoms with Gasteiger partial charge in [-0.15, -0.1) is 0 Å². The van der Waals surface area contributed by atoms with Crippen LogP contribution in [-0.2, 0) is 6.42 Å². The molecular weight excluding hydrogens is 162 g/mol. The van der Waals surface area contributed by atoms with Gasteiger partial charge in [0.2, 0.25) is 0 Å². The van der Waals surface area contributed by atoms with E-state index >= 15 is 0 Å². The number of nitrogens with two attached hydrogens (primary N) is 1. The van der Waals surface area contributed by atoms with Crippen molar-refractivity contribution in [1.82, 2.24) is 9.78 Å². The maximum atomic E-state index is 5.92. The summed E-state index contributed by atoms with van der Waals surface area (Å²) in [5.41, 5.74) is 6.98. The number of hydrogen-bond donors (Lipinski definition) is 1. The predicted molar refractivity (Wildman–Crippen MR) is 54.6 cm³/mol. The van der Waals surface area contributed by atoms with Crippen LogP contribution in [0.3, 0.4) is 0 Å². The summed E-state index contributed by atoms with van der Waals surface area (Å²) in [6.45, 7) is 8.29. The summed E-state index contributed by atoms with van der Waals surface area (Å²) in [4.78, 5) is 0. The Kier molecular flexibility index (Phi) is 2.76. The molecule has 1 rings (SSSR count). The molecule has 0 fully saturated rings. The third-order valence-electron chi connectivity index (χ3n) is 1.84. The fraction of sp³-hybridized carbons (Fsp3) is 0.700. The summed E-state index contributed by atoms with van der Waals surface area (Å²) in [6.07, 6.45) is 4.84. The molecule has 2 N–H and O–H groups in total. The highest BCUT2D eigenvalue weighted by atomic mass is 15.3. The average Bonchev–Trinajstić information content (AvgIpc) is 2.31. The molecule has 0 unspecified atom stereocenters. The minimum Gasteiger partial charge on any atom is -0.325 e. The normalized spacial score (nSPS) is 12.5. The molecule has 0 aromatic carbocycles. The van der Waals surface area contributed by atoms with Crippen LogP contribution in [-0.4, -0.2) is 15.3 Å². The molecule has 0 aliphatic heterocycles. The van der Waals surface area contributed by atoms with Crippen molar-refractivity contribution in [3.63, 3.8) is 0 Å². The van der Waals surface area contributed by atoms with Gasteiger partial charge in [0.1, 0.15) is 0 Å². The molecule has 0 aliphatic carbocycles. The van der Waals surface area contributed by atoms with Gasteiger partial charge in [-0.1, -0.05) is 0 Å². The monoisotopic (exact) mass is 181 g/mol. The lowest BCUT2D eigenvalue weighted by atomic mass is 9.99. The van der Waals surface area contributed by atoms with Gasteiger partial charge in [-0.05, 0) is 39.7 Å². The van der Waals surface area contributed by atoms with Crippen molar-refractivity contribution in [3.8, 4) is 0 Å². The van der Waals surface area contributed by atoms with Gasteiger partial charge < -0.3 is 5.73 Å². The maximum Gasteiger partial charge on any atom is 0.0522 e. The van der Waals surface area contributed by atoms with Crippen LogP contribution >= 0.6 is 0 Å². The fourth-order valence-corrected chi connectivity index (χ4v) is 1.28. The van der Waals surface area contributed by atoms with E-state index in [-0.39, 0.29) is 5.54 Å². The highest BCUT2D eigenvalue weighted by molar-refractivity contribution is 5.08. The summed E-state index contributed by atoms with van der Waals surface area (Å²) >= 11 is 0. The van der Waals surface area contributed by atoms with Crippen LogP contribution in [0.15, 0.2) is 12.4 Å². The van der Waals surface area contributed by atoms with Gasteiger partial charge in [0.25, 0.3) is 0 Å². The largest absolute Gasteiger partial charge is 0.325 e. The Morgan fingerprint density at radius 1 is 1.54 bits per heavy atom. The molecule has 1 aromatic heterocycles. The maximum absolute atomic E-state index is 5.92. The van der Waals surface area contributed by atoms with E-state index in [1.54, 1.807) is 0 Å². The Morgan fingerprint density at radius 3 is 2.54 bits per heavy atom. The number of nitrogens with zero attached hydrogens (tertiary/aromatic N) is 2. The van der Waals surface area contributed by atoms with Crippen LogP contribution in [0.5, 0.6) is 0 Å². The second kappa shape index (κ2) is 3.50. The number of hydrogen-bond acceptors (Lipinski definition) is 2. The van der Waals surface area contributed by atoms with Crippen molar-refractivity contribution in [1.29, 1.82) is 0 Å². The van der Waals surface area contributed by atoms with Crippen LogP contribution in [0.4, 0.5) is 0 Å². The van der Waals surface area contributed by atoms with Gasteiger partial charge in [0, 0.05) is 17.8 Å². The highest BCUT2D eigenvalue weighted by Gasteiger charge is 2.13. The van der Waals surface area contributed by atoms with Gasteiger partial charge >= 0.3 is 0 Å². The topological polar surface area (TPSA) is 43.8 Å².